The summed E-state index contributed by atoms with van der Waals surface area (Å²) >= 11 is 1.50. The number of thioether (sulfide) groups is 1. The first-order valence-corrected chi connectivity index (χ1v) is 6.95. The van der Waals surface area contributed by atoms with Gasteiger partial charge in [-0.15, -0.1) is 0 Å². The molecule has 1 saturated heterocycles. The molecular weight excluding hydrogens is 236 g/mol. The predicted molar refractivity (Wildman–Crippen MR) is 70.7 cm³/mol. The lowest BCUT2D eigenvalue weighted by molar-refractivity contribution is 0.272. The SMILES string of the molecule is CSc1nc(NN)cc(NN2CCCCC2)n1. The van der Waals surface area contributed by atoms with Crippen LogP contribution < -0.4 is 16.7 Å². The molecule has 1 aliphatic heterocycles. The van der Waals surface area contributed by atoms with Gasteiger partial charge in [-0.3, -0.25) is 0 Å². The van der Waals surface area contributed by atoms with Crippen molar-refractivity contribution in [3.05, 3.63) is 6.07 Å². The highest BCUT2D eigenvalue weighted by Gasteiger charge is 2.11. The third kappa shape index (κ3) is 3.45. The van der Waals surface area contributed by atoms with Crippen molar-refractivity contribution in [3.63, 3.8) is 0 Å². The van der Waals surface area contributed by atoms with Crippen molar-refractivity contribution in [1.29, 1.82) is 0 Å². The van der Waals surface area contributed by atoms with Crippen molar-refractivity contribution in [3.8, 4) is 0 Å². The molecule has 2 rings (SSSR count). The number of nitrogens with two attached hydrogens (primary N) is 1. The summed E-state index contributed by atoms with van der Waals surface area (Å²) in [6, 6.07) is 1.81. The van der Waals surface area contributed by atoms with Gasteiger partial charge in [0.05, 0.1) is 0 Å². The maximum Gasteiger partial charge on any atom is 0.191 e. The highest BCUT2D eigenvalue weighted by molar-refractivity contribution is 7.98. The van der Waals surface area contributed by atoms with Crippen LogP contribution in [0.5, 0.6) is 0 Å². The smallest absolute Gasteiger partial charge is 0.191 e. The summed E-state index contributed by atoms with van der Waals surface area (Å²) < 4.78 is 0. The Bertz CT molecular complexity index is 344. The Morgan fingerprint density at radius 1 is 1.24 bits per heavy atom. The minimum atomic E-state index is 0.629. The van der Waals surface area contributed by atoms with Crippen molar-refractivity contribution < 1.29 is 0 Å². The van der Waals surface area contributed by atoms with E-state index in [9.17, 15) is 0 Å². The average molecular weight is 254 g/mol. The minimum Gasteiger partial charge on any atom is -0.308 e. The van der Waals surface area contributed by atoms with Gasteiger partial charge in [-0.05, 0) is 19.1 Å². The second-order valence-corrected chi connectivity index (χ2v) is 4.70. The molecule has 0 bridgehead atoms. The van der Waals surface area contributed by atoms with E-state index in [1.54, 1.807) is 0 Å². The molecule has 0 saturated carbocycles. The molecule has 0 amide bonds. The number of nitrogens with zero attached hydrogens (tertiary/aromatic N) is 3. The topological polar surface area (TPSA) is 79.1 Å². The normalized spacial score (nSPS) is 16.8. The van der Waals surface area contributed by atoms with Crippen LogP contribution >= 0.6 is 11.8 Å². The van der Waals surface area contributed by atoms with Gasteiger partial charge >= 0.3 is 0 Å². The summed E-state index contributed by atoms with van der Waals surface area (Å²) in [5, 5.41) is 2.90. The lowest BCUT2D eigenvalue weighted by Gasteiger charge is -2.27. The Kier molecular flexibility index (Phi) is 4.41. The van der Waals surface area contributed by atoms with E-state index in [-0.39, 0.29) is 0 Å². The van der Waals surface area contributed by atoms with Gasteiger partial charge in [0.1, 0.15) is 11.6 Å². The number of nitrogens with one attached hydrogen (secondary N) is 2. The maximum atomic E-state index is 5.38. The van der Waals surface area contributed by atoms with Crippen molar-refractivity contribution >= 4 is 23.4 Å². The van der Waals surface area contributed by atoms with Crippen LogP contribution in [0.25, 0.3) is 0 Å². The van der Waals surface area contributed by atoms with E-state index in [2.05, 4.69) is 25.8 Å². The highest BCUT2D eigenvalue weighted by atomic mass is 32.2. The Balaban J connectivity index is 2.07. The molecule has 17 heavy (non-hydrogen) atoms. The second-order valence-electron chi connectivity index (χ2n) is 3.93. The maximum absolute atomic E-state index is 5.38. The molecule has 0 aromatic carbocycles. The lowest BCUT2D eigenvalue weighted by Crippen LogP contribution is -2.35. The number of aromatic nitrogens is 2. The number of hydrogen-bond acceptors (Lipinski definition) is 7. The van der Waals surface area contributed by atoms with E-state index in [0.717, 1.165) is 18.9 Å². The van der Waals surface area contributed by atoms with Gasteiger partial charge in [0.2, 0.25) is 0 Å². The molecule has 6 nitrogen and oxygen atoms in total. The summed E-state index contributed by atoms with van der Waals surface area (Å²) in [5.74, 6) is 6.80. The van der Waals surface area contributed by atoms with E-state index < -0.39 is 0 Å². The van der Waals surface area contributed by atoms with E-state index >= 15 is 0 Å². The molecule has 2 heterocycles. The predicted octanol–water partition coefficient (Wildman–Crippen LogP) is 1.30. The van der Waals surface area contributed by atoms with Gasteiger partial charge in [0.25, 0.3) is 0 Å². The number of piperidine rings is 1. The molecule has 1 aromatic heterocycles. The molecule has 1 aromatic rings. The van der Waals surface area contributed by atoms with Crippen LogP contribution in [-0.4, -0.2) is 34.3 Å². The monoisotopic (exact) mass is 254 g/mol. The van der Waals surface area contributed by atoms with Crippen LogP contribution in [0.15, 0.2) is 11.2 Å². The third-order valence-corrected chi connectivity index (χ3v) is 3.21. The van der Waals surface area contributed by atoms with Crippen molar-refractivity contribution in [2.24, 2.45) is 5.84 Å². The first-order valence-electron chi connectivity index (χ1n) is 5.73. The van der Waals surface area contributed by atoms with Crippen molar-refractivity contribution in [2.45, 2.75) is 24.4 Å². The van der Waals surface area contributed by atoms with Gasteiger partial charge in [-0.2, -0.15) is 0 Å². The van der Waals surface area contributed by atoms with Crippen LogP contribution in [0.2, 0.25) is 0 Å². The fourth-order valence-electron chi connectivity index (χ4n) is 1.82. The standard InChI is InChI=1S/C10H18N6S/c1-17-10-12-8(14-11)7-9(13-10)15-16-5-3-2-4-6-16/h7H,2-6,11H2,1H3,(H2,12,13,14,15). The minimum absolute atomic E-state index is 0.629. The number of rotatable bonds is 4. The quantitative estimate of drug-likeness (QED) is 0.323. The lowest BCUT2D eigenvalue weighted by atomic mass is 10.2. The molecule has 1 aliphatic rings. The third-order valence-electron chi connectivity index (χ3n) is 2.66. The van der Waals surface area contributed by atoms with Crippen LogP contribution in [-0.2, 0) is 0 Å². The summed E-state index contributed by atoms with van der Waals surface area (Å²) in [7, 11) is 0. The molecule has 0 unspecified atom stereocenters. The number of hydrogen-bond donors (Lipinski definition) is 3. The van der Waals surface area contributed by atoms with Crippen LogP contribution in [0.1, 0.15) is 19.3 Å². The summed E-state index contributed by atoms with van der Waals surface area (Å²) in [6.07, 6.45) is 5.72. The van der Waals surface area contributed by atoms with Gasteiger partial charge < -0.3 is 10.9 Å². The average Bonchev–Trinajstić information content (AvgIpc) is 2.39. The fraction of sp³-hybridized carbons (Fsp3) is 0.600. The first-order chi connectivity index (χ1) is 8.31. The molecule has 4 N–H and O–H groups in total. The van der Waals surface area contributed by atoms with E-state index in [4.69, 9.17) is 5.84 Å². The molecule has 7 heteroatoms. The summed E-state index contributed by atoms with van der Waals surface area (Å²) in [6.45, 7) is 2.12. The number of nitrogen functional groups attached to an aromatic ring is 1. The Morgan fingerprint density at radius 3 is 2.59 bits per heavy atom. The van der Waals surface area contributed by atoms with E-state index in [0.29, 0.717) is 11.0 Å². The molecular formula is C10H18N6S. The Morgan fingerprint density at radius 2 is 1.94 bits per heavy atom. The molecule has 1 fully saturated rings. The first kappa shape index (κ1) is 12.4. The zero-order valence-electron chi connectivity index (χ0n) is 9.94. The second kappa shape index (κ2) is 6.04. The Labute approximate surface area is 105 Å². The van der Waals surface area contributed by atoms with Gasteiger partial charge in [0, 0.05) is 19.2 Å². The van der Waals surface area contributed by atoms with Gasteiger partial charge in [-0.25, -0.2) is 20.8 Å². The zero-order chi connectivity index (χ0) is 12.1. The van der Waals surface area contributed by atoms with Crippen molar-refractivity contribution in [2.75, 3.05) is 30.2 Å². The number of hydrazine groups is 2. The molecule has 0 radical (unpaired) electrons. The fourth-order valence-corrected chi connectivity index (χ4v) is 2.19. The van der Waals surface area contributed by atoms with E-state index in [1.165, 1.54) is 31.0 Å². The summed E-state index contributed by atoms with van der Waals surface area (Å²) in [4.78, 5) is 8.62. The van der Waals surface area contributed by atoms with Crippen molar-refractivity contribution in [1.82, 2.24) is 15.0 Å². The van der Waals surface area contributed by atoms with Crippen LogP contribution in [0, 0.1) is 0 Å². The van der Waals surface area contributed by atoms with Gasteiger partial charge in [0.15, 0.2) is 5.16 Å². The zero-order valence-corrected chi connectivity index (χ0v) is 10.8. The van der Waals surface area contributed by atoms with Gasteiger partial charge in [-0.1, -0.05) is 18.2 Å². The molecule has 0 spiro atoms. The van der Waals surface area contributed by atoms with E-state index in [1.807, 2.05) is 12.3 Å². The Hall–Kier alpha value is -1.05. The van der Waals surface area contributed by atoms with Crippen LogP contribution in [0.3, 0.4) is 0 Å². The number of anilines is 2. The molecule has 0 aliphatic carbocycles. The largest absolute Gasteiger partial charge is 0.308 e. The highest BCUT2D eigenvalue weighted by Crippen LogP contribution is 2.18. The molecule has 94 valence electrons. The van der Waals surface area contributed by atoms with Crippen LogP contribution in [0.4, 0.5) is 11.6 Å². The summed E-state index contributed by atoms with van der Waals surface area (Å²) in [5.41, 5.74) is 5.86. The molecule has 0 atom stereocenters.